The maximum atomic E-state index is 9.71. The number of benzene rings is 4. The van der Waals surface area contributed by atoms with E-state index in [1.807, 2.05) is 48.5 Å². The summed E-state index contributed by atoms with van der Waals surface area (Å²) in [6, 6.07) is 27.8. The fourth-order valence-corrected chi connectivity index (χ4v) is 8.35. The molecule has 4 aromatic carbocycles. The van der Waals surface area contributed by atoms with Crippen molar-refractivity contribution < 1.29 is 19.0 Å². The van der Waals surface area contributed by atoms with E-state index in [1.54, 1.807) is 26.4 Å². The van der Waals surface area contributed by atoms with Crippen LogP contribution in [0.3, 0.4) is 0 Å². The number of methoxy groups -OCH3 is 2. The van der Waals surface area contributed by atoms with Gasteiger partial charge in [-0.2, -0.15) is 0 Å². The number of likely N-dealkylation sites (N-methyl/N-ethyl adjacent to an activating group) is 1. The maximum absolute atomic E-state index is 9.71. The van der Waals surface area contributed by atoms with Crippen molar-refractivity contribution in [2.24, 2.45) is 0 Å². The van der Waals surface area contributed by atoms with Gasteiger partial charge in [0.2, 0.25) is 0 Å². The maximum Gasteiger partial charge on any atom is 0.405 e. The van der Waals surface area contributed by atoms with Crippen molar-refractivity contribution in [3.63, 3.8) is 0 Å². The molecule has 2 aliphatic heterocycles. The standard InChI is InChI=1S/C19H21Cl3N2O.C18H19Cl3N2O.C3H4Cl2O2/c1-23-9-10-24(17-8-7-15(21)11-16(17)22)19(18(23)12-25-2)13-3-5-14(20)6-4-13;1-24-11-16-18(12-2-4-13(19)5-3-12)23(9-8-22-16)17-7-6-14(20)10-15(17)21;1-2(4)7-3(5)6/h3-8,11,18-19H,9-10,12H2,1-2H3;2-7,10,16,18,22H,8-9,11H2,1H3;2H,1H3/t18-,19+;16-,18+;/m11./s1. The molecule has 0 amide bonds. The third kappa shape index (κ3) is 13.3. The van der Waals surface area contributed by atoms with E-state index in [0.29, 0.717) is 33.3 Å². The molecule has 56 heavy (non-hydrogen) atoms. The van der Waals surface area contributed by atoms with Gasteiger partial charge in [-0.05, 0) is 85.8 Å². The van der Waals surface area contributed by atoms with E-state index >= 15 is 0 Å². The molecule has 0 radical (unpaired) electrons. The lowest BCUT2D eigenvalue weighted by atomic mass is 9.94. The second kappa shape index (κ2) is 23.0. The highest BCUT2D eigenvalue weighted by molar-refractivity contribution is 6.61. The average Bonchev–Trinajstić information content (AvgIpc) is 3.14. The molecule has 5 atom stereocenters. The zero-order valence-corrected chi connectivity index (χ0v) is 37.3. The molecule has 0 bridgehead atoms. The van der Waals surface area contributed by atoms with Gasteiger partial charge in [0, 0.05) is 72.1 Å². The fraction of sp³-hybridized carbons (Fsp3) is 0.375. The SMILES string of the molecule is CC(Cl)OC(=O)Cl.COC[C@@H]1[C@H](c2ccc(Cl)cc2)N(c2ccc(Cl)cc2Cl)CCN1C.COC[C@H]1NCCN(c2ccc(Cl)cc2Cl)[C@H]1c1ccc(Cl)cc1. The number of nitrogens with one attached hydrogen (secondary N) is 1. The number of carbonyl (C=O) groups excluding carboxylic acids is 1. The van der Waals surface area contributed by atoms with E-state index in [0.717, 1.165) is 47.6 Å². The Bertz CT molecular complexity index is 1840. The summed E-state index contributed by atoms with van der Waals surface area (Å²) in [7, 11) is 5.59. The first kappa shape index (κ1) is 46.8. The van der Waals surface area contributed by atoms with Gasteiger partial charge in [0.15, 0.2) is 5.56 Å². The Kier molecular flexibility index (Phi) is 19.3. The number of ether oxygens (including phenoxy) is 3. The third-order valence-corrected chi connectivity index (χ3v) is 11.0. The van der Waals surface area contributed by atoms with Crippen LogP contribution >= 0.6 is 92.8 Å². The zero-order chi connectivity index (χ0) is 40.9. The molecule has 0 saturated carbocycles. The minimum atomic E-state index is -0.873. The van der Waals surface area contributed by atoms with Crippen LogP contribution in [0.5, 0.6) is 0 Å². The van der Waals surface area contributed by atoms with Gasteiger partial charge < -0.3 is 29.3 Å². The molecule has 304 valence electrons. The Morgan fingerprint density at radius 2 is 1.16 bits per heavy atom. The summed E-state index contributed by atoms with van der Waals surface area (Å²) in [6.07, 6.45) is 0. The van der Waals surface area contributed by atoms with Crippen LogP contribution in [0, 0.1) is 0 Å². The van der Waals surface area contributed by atoms with Crippen molar-refractivity contribution in [2.75, 3.05) is 70.5 Å². The number of rotatable bonds is 9. The molecule has 6 rings (SSSR count). The number of halogens is 8. The first-order chi connectivity index (χ1) is 26.7. The molecule has 0 spiro atoms. The summed E-state index contributed by atoms with van der Waals surface area (Å²) in [4.78, 5) is 16.7. The van der Waals surface area contributed by atoms with E-state index in [2.05, 4.69) is 56.1 Å². The monoisotopic (exact) mass is 924 g/mol. The molecule has 2 heterocycles. The lowest BCUT2D eigenvalue weighted by Crippen LogP contribution is -2.55. The molecule has 2 saturated heterocycles. The van der Waals surface area contributed by atoms with Crippen LogP contribution in [0.4, 0.5) is 16.2 Å². The van der Waals surface area contributed by atoms with Crippen LogP contribution in [-0.2, 0) is 14.2 Å². The van der Waals surface area contributed by atoms with Crippen LogP contribution in [0.1, 0.15) is 30.1 Å². The second-order valence-electron chi connectivity index (χ2n) is 13.0. The van der Waals surface area contributed by atoms with E-state index in [4.69, 9.17) is 102 Å². The largest absolute Gasteiger partial charge is 0.434 e. The summed E-state index contributed by atoms with van der Waals surface area (Å²) in [6.45, 7) is 6.23. The number of piperazine rings is 2. The van der Waals surface area contributed by atoms with Crippen molar-refractivity contribution in [3.8, 4) is 0 Å². The number of alkyl halides is 1. The first-order valence-corrected chi connectivity index (χ1v) is 20.7. The van der Waals surface area contributed by atoms with Crippen LogP contribution in [0.2, 0.25) is 30.1 Å². The predicted molar refractivity (Wildman–Crippen MR) is 236 cm³/mol. The van der Waals surface area contributed by atoms with Crippen LogP contribution in [-0.4, -0.2) is 88.6 Å². The topological polar surface area (TPSA) is 66.5 Å². The molecule has 16 heteroatoms. The third-order valence-electron chi connectivity index (χ3n) is 9.24. The van der Waals surface area contributed by atoms with Crippen LogP contribution in [0.15, 0.2) is 84.9 Å². The summed E-state index contributed by atoms with van der Waals surface area (Å²) >= 11 is 47.1. The van der Waals surface area contributed by atoms with Crippen molar-refractivity contribution >= 4 is 110 Å². The Labute approximate surface area is 369 Å². The highest BCUT2D eigenvalue weighted by atomic mass is 35.5. The van der Waals surface area contributed by atoms with Gasteiger partial charge in [-0.1, -0.05) is 105 Å². The van der Waals surface area contributed by atoms with Crippen LogP contribution < -0.4 is 15.1 Å². The molecular weight excluding hydrogens is 884 g/mol. The highest BCUT2D eigenvalue weighted by Gasteiger charge is 2.37. The summed E-state index contributed by atoms with van der Waals surface area (Å²) in [5, 5.41) is 7.58. The fourth-order valence-electron chi connectivity index (χ4n) is 6.81. The predicted octanol–water partition coefficient (Wildman–Crippen LogP) is 11.9. The summed E-state index contributed by atoms with van der Waals surface area (Å²) in [5.74, 6) is 0. The second-order valence-corrected chi connectivity index (χ2v) is 16.5. The van der Waals surface area contributed by atoms with Gasteiger partial charge in [-0.25, -0.2) is 4.79 Å². The molecule has 4 aromatic rings. The molecule has 0 aromatic heterocycles. The number of nitrogens with zero attached hydrogens (tertiary/aromatic N) is 3. The van der Waals surface area contributed by atoms with Gasteiger partial charge in [0.1, 0.15) is 0 Å². The number of hydrogen-bond acceptors (Lipinski definition) is 8. The first-order valence-electron chi connectivity index (χ1n) is 17.6. The van der Waals surface area contributed by atoms with E-state index in [9.17, 15) is 4.79 Å². The normalized spacial score (nSPS) is 20.3. The van der Waals surface area contributed by atoms with Crippen molar-refractivity contribution in [1.29, 1.82) is 0 Å². The minimum absolute atomic E-state index is 0.0923. The summed E-state index contributed by atoms with van der Waals surface area (Å²) in [5.41, 5.74) is 2.81. The molecule has 2 aliphatic rings. The smallest absolute Gasteiger partial charge is 0.405 e. The quantitative estimate of drug-likeness (QED) is 0.132. The minimum Gasteiger partial charge on any atom is -0.434 e. The molecule has 1 N–H and O–H groups in total. The Hall–Kier alpha value is -1.89. The number of hydrogen-bond donors (Lipinski definition) is 1. The van der Waals surface area contributed by atoms with Crippen molar-refractivity contribution in [2.45, 2.75) is 36.7 Å². The highest BCUT2D eigenvalue weighted by Crippen LogP contribution is 2.40. The van der Waals surface area contributed by atoms with Gasteiger partial charge in [-0.3, -0.25) is 4.90 Å². The summed E-state index contributed by atoms with van der Waals surface area (Å²) < 4.78 is 15.1. The molecule has 0 aliphatic carbocycles. The van der Waals surface area contributed by atoms with E-state index in [-0.39, 0.29) is 24.2 Å². The molecule has 8 nitrogen and oxygen atoms in total. The lowest BCUT2D eigenvalue weighted by Gasteiger charge is -2.47. The van der Waals surface area contributed by atoms with E-state index in [1.165, 1.54) is 18.1 Å². The van der Waals surface area contributed by atoms with Gasteiger partial charge in [0.25, 0.3) is 0 Å². The Morgan fingerprint density at radius 3 is 1.59 bits per heavy atom. The van der Waals surface area contributed by atoms with Gasteiger partial charge >= 0.3 is 5.43 Å². The number of anilines is 2. The van der Waals surface area contributed by atoms with Crippen LogP contribution in [0.25, 0.3) is 0 Å². The zero-order valence-electron chi connectivity index (χ0n) is 31.2. The Morgan fingerprint density at radius 1 is 0.696 bits per heavy atom. The Balaban J connectivity index is 0.000000213. The number of carbonyl (C=O) groups is 1. The molecule has 2 fully saturated rings. The van der Waals surface area contributed by atoms with Crippen molar-refractivity contribution in [3.05, 3.63) is 126 Å². The molecular formula is C40H44Cl8N4O4. The van der Waals surface area contributed by atoms with Gasteiger partial charge in [-0.15, -0.1) is 0 Å². The average molecular weight is 928 g/mol. The lowest BCUT2D eigenvalue weighted by molar-refractivity contribution is 0.0745. The van der Waals surface area contributed by atoms with E-state index < -0.39 is 11.0 Å². The van der Waals surface area contributed by atoms with Gasteiger partial charge in [0.05, 0.1) is 58.8 Å². The molecule has 1 unspecified atom stereocenters. The van der Waals surface area contributed by atoms with Crippen molar-refractivity contribution in [1.82, 2.24) is 10.2 Å².